The number of carbonyl (C=O) groups is 1. The molecule has 1 aliphatic heterocycles. The lowest BCUT2D eigenvalue weighted by molar-refractivity contribution is 0.102. The lowest BCUT2D eigenvalue weighted by Crippen LogP contribution is -2.36. The molecule has 1 fully saturated rings. The van der Waals surface area contributed by atoms with Gasteiger partial charge in [0.15, 0.2) is 0 Å². The zero-order chi connectivity index (χ0) is 22.5. The molecule has 0 saturated carbocycles. The molecule has 1 aliphatic rings. The van der Waals surface area contributed by atoms with Gasteiger partial charge in [-0.15, -0.1) is 10.2 Å². The minimum atomic E-state index is -0.138. The number of nitrogens with zero attached hydrogens (tertiary/aromatic N) is 3. The Labute approximate surface area is 192 Å². The van der Waals surface area contributed by atoms with Crippen LogP contribution >= 0.6 is 0 Å². The summed E-state index contributed by atoms with van der Waals surface area (Å²) in [5.41, 5.74) is 4.38. The van der Waals surface area contributed by atoms with E-state index < -0.39 is 0 Å². The van der Waals surface area contributed by atoms with Gasteiger partial charge in [-0.05, 0) is 54.1 Å². The summed E-state index contributed by atoms with van der Waals surface area (Å²) in [4.78, 5) is 14.9. The fourth-order valence-corrected chi connectivity index (χ4v) is 3.75. The van der Waals surface area contributed by atoms with Crippen LogP contribution in [0.4, 0.5) is 11.4 Å². The van der Waals surface area contributed by atoms with E-state index in [-0.39, 0.29) is 5.91 Å². The van der Waals surface area contributed by atoms with Crippen LogP contribution in [0.15, 0.2) is 83.3 Å². The van der Waals surface area contributed by atoms with Crippen molar-refractivity contribution in [2.45, 2.75) is 6.42 Å². The van der Waals surface area contributed by atoms with Crippen LogP contribution in [0, 0.1) is 0 Å². The molecule has 4 aromatic rings. The van der Waals surface area contributed by atoms with E-state index in [1.165, 1.54) is 0 Å². The lowest BCUT2D eigenvalue weighted by atomic mass is 10.1. The molecule has 7 heteroatoms. The Balaban J connectivity index is 1.18. The molecule has 1 amide bonds. The van der Waals surface area contributed by atoms with Gasteiger partial charge >= 0.3 is 0 Å². The molecule has 166 valence electrons. The third-order valence-electron chi connectivity index (χ3n) is 5.56. The topological polar surface area (TPSA) is 80.5 Å². The maximum Gasteiger partial charge on any atom is 0.255 e. The molecular weight excluding hydrogens is 416 g/mol. The van der Waals surface area contributed by atoms with Crippen LogP contribution < -0.4 is 10.2 Å². The van der Waals surface area contributed by atoms with Crippen molar-refractivity contribution in [3.63, 3.8) is 0 Å². The molecule has 3 aromatic carbocycles. The van der Waals surface area contributed by atoms with Crippen LogP contribution in [0.25, 0.3) is 11.5 Å². The standard InChI is InChI=1S/C26H24N4O3/c31-25(20-8-12-23(13-9-20)30-14-16-32-17-15-30)27-22-10-6-19(7-11-22)18-24-28-29-26(33-24)21-4-2-1-3-5-21/h1-13H,14-18H2,(H,27,31). The van der Waals surface area contributed by atoms with Crippen LogP contribution in [0.2, 0.25) is 0 Å². The number of nitrogens with one attached hydrogen (secondary N) is 1. The highest BCUT2D eigenvalue weighted by Gasteiger charge is 2.13. The number of carbonyl (C=O) groups excluding carboxylic acids is 1. The van der Waals surface area contributed by atoms with Crippen LogP contribution in [-0.4, -0.2) is 42.4 Å². The molecule has 0 radical (unpaired) electrons. The Bertz CT molecular complexity index is 1200. The van der Waals surface area contributed by atoms with Crippen molar-refractivity contribution in [3.8, 4) is 11.5 Å². The van der Waals surface area contributed by atoms with Gasteiger partial charge in [-0.3, -0.25) is 4.79 Å². The first-order valence-electron chi connectivity index (χ1n) is 11.0. The Kier molecular flexibility index (Phi) is 6.12. The summed E-state index contributed by atoms with van der Waals surface area (Å²) in [6.45, 7) is 3.21. The van der Waals surface area contributed by atoms with Crippen LogP contribution in [0.5, 0.6) is 0 Å². The minimum absolute atomic E-state index is 0.138. The molecule has 1 N–H and O–H groups in total. The van der Waals surface area contributed by atoms with Gasteiger partial charge in [0.1, 0.15) is 0 Å². The quantitative estimate of drug-likeness (QED) is 0.478. The van der Waals surface area contributed by atoms with E-state index in [2.05, 4.69) is 20.4 Å². The summed E-state index contributed by atoms with van der Waals surface area (Å²) >= 11 is 0. The lowest BCUT2D eigenvalue weighted by Gasteiger charge is -2.28. The van der Waals surface area contributed by atoms with Gasteiger partial charge in [0, 0.05) is 35.6 Å². The maximum absolute atomic E-state index is 12.6. The monoisotopic (exact) mass is 440 g/mol. The fraction of sp³-hybridized carbons (Fsp3) is 0.192. The van der Waals surface area contributed by atoms with Gasteiger partial charge < -0.3 is 19.4 Å². The first-order valence-corrected chi connectivity index (χ1v) is 11.0. The number of amides is 1. The smallest absolute Gasteiger partial charge is 0.255 e. The Hall–Kier alpha value is -3.97. The Morgan fingerprint density at radius 2 is 1.61 bits per heavy atom. The number of aromatic nitrogens is 2. The number of hydrogen-bond acceptors (Lipinski definition) is 6. The summed E-state index contributed by atoms with van der Waals surface area (Å²) in [6, 6.07) is 25.0. The number of morpholine rings is 1. The SMILES string of the molecule is O=C(Nc1ccc(Cc2nnc(-c3ccccc3)o2)cc1)c1ccc(N2CCOCC2)cc1. The van der Waals surface area contributed by atoms with Crippen molar-refractivity contribution in [2.24, 2.45) is 0 Å². The van der Waals surface area contributed by atoms with Crippen molar-refractivity contribution >= 4 is 17.3 Å². The van der Waals surface area contributed by atoms with Crippen molar-refractivity contribution in [2.75, 3.05) is 36.5 Å². The summed E-state index contributed by atoms with van der Waals surface area (Å²) in [5.74, 6) is 0.917. The zero-order valence-electron chi connectivity index (χ0n) is 18.1. The molecule has 0 aliphatic carbocycles. The predicted octanol–water partition coefficient (Wildman–Crippen LogP) is 4.42. The number of rotatable bonds is 6. The highest BCUT2D eigenvalue weighted by molar-refractivity contribution is 6.04. The molecule has 1 saturated heterocycles. The molecule has 1 aromatic heterocycles. The second-order valence-corrected chi connectivity index (χ2v) is 7.84. The Morgan fingerprint density at radius 1 is 0.879 bits per heavy atom. The van der Waals surface area contributed by atoms with Gasteiger partial charge in [0.05, 0.1) is 19.6 Å². The molecule has 33 heavy (non-hydrogen) atoms. The van der Waals surface area contributed by atoms with E-state index in [4.69, 9.17) is 9.15 Å². The summed E-state index contributed by atoms with van der Waals surface area (Å²) < 4.78 is 11.2. The first-order chi connectivity index (χ1) is 16.2. The van der Waals surface area contributed by atoms with Gasteiger partial charge in [0.2, 0.25) is 11.8 Å². The third kappa shape index (κ3) is 5.10. The molecule has 0 spiro atoms. The second-order valence-electron chi connectivity index (χ2n) is 7.84. The van der Waals surface area contributed by atoms with Crippen LogP contribution in [-0.2, 0) is 11.2 Å². The van der Waals surface area contributed by atoms with Gasteiger partial charge in [0.25, 0.3) is 5.91 Å². The van der Waals surface area contributed by atoms with E-state index in [0.29, 0.717) is 23.8 Å². The highest BCUT2D eigenvalue weighted by Crippen LogP contribution is 2.20. The fourth-order valence-electron chi connectivity index (χ4n) is 3.75. The Morgan fingerprint density at radius 3 is 2.33 bits per heavy atom. The molecule has 7 nitrogen and oxygen atoms in total. The van der Waals surface area contributed by atoms with Crippen molar-refractivity contribution in [1.82, 2.24) is 10.2 Å². The first kappa shape index (κ1) is 20.9. The summed E-state index contributed by atoms with van der Waals surface area (Å²) in [6.07, 6.45) is 0.525. The van der Waals surface area contributed by atoms with E-state index in [9.17, 15) is 4.79 Å². The van der Waals surface area contributed by atoms with Gasteiger partial charge in [-0.25, -0.2) is 0 Å². The maximum atomic E-state index is 12.6. The largest absolute Gasteiger partial charge is 0.420 e. The molecule has 5 rings (SSSR count). The van der Waals surface area contributed by atoms with Crippen LogP contribution in [0.1, 0.15) is 21.8 Å². The minimum Gasteiger partial charge on any atom is -0.420 e. The molecule has 0 bridgehead atoms. The van der Waals surface area contributed by atoms with E-state index in [0.717, 1.165) is 48.8 Å². The van der Waals surface area contributed by atoms with Crippen LogP contribution in [0.3, 0.4) is 0 Å². The normalized spacial score (nSPS) is 13.6. The summed E-state index contributed by atoms with van der Waals surface area (Å²) in [7, 11) is 0. The predicted molar refractivity (Wildman–Crippen MR) is 126 cm³/mol. The molecule has 2 heterocycles. The van der Waals surface area contributed by atoms with Gasteiger partial charge in [-0.2, -0.15) is 0 Å². The highest BCUT2D eigenvalue weighted by atomic mass is 16.5. The number of ether oxygens (including phenoxy) is 1. The van der Waals surface area contributed by atoms with Crippen molar-refractivity contribution in [1.29, 1.82) is 0 Å². The third-order valence-corrected chi connectivity index (χ3v) is 5.56. The second kappa shape index (κ2) is 9.67. The van der Waals surface area contributed by atoms with Gasteiger partial charge in [-0.1, -0.05) is 30.3 Å². The van der Waals surface area contributed by atoms with E-state index in [1.807, 2.05) is 78.9 Å². The number of anilines is 2. The average Bonchev–Trinajstić information content (AvgIpc) is 3.35. The van der Waals surface area contributed by atoms with E-state index >= 15 is 0 Å². The van der Waals surface area contributed by atoms with Crippen molar-refractivity contribution < 1.29 is 13.9 Å². The number of benzene rings is 3. The zero-order valence-corrected chi connectivity index (χ0v) is 18.1. The molecule has 0 unspecified atom stereocenters. The summed E-state index contributed by atoms with van der Waals surface area (Å²) in [5, 5.41) is 11.2. The molecular formula is C26H24N4O3. The van der Waals surface area contributed by atoms with E-state index in [1.54, 1.807) is 0 Å². The van der Waals surface area contributed by atoms with Crippen molar-refractivity contribution in [3.05, 3.63) is 95.9 Å². The molecule has 0 atom stereocenters. The average molecular weight is 441 g/mol. The number of hydrogen-bond donors (Lipinski definition) is 1.